The van der Waals surface area contributed by atoms with Crippen LogP contribution in [0.2, 0.25) is 0 Å². The Kier molecular flexibility index (Phi) is 6.02. The third-order valence-electron chi connectivity index (χ3n) is 3.53. The number of rotatable bonds is 7. The summed E-state index contributed by atoms with van der Waals surface area (Å²) in [7, 11) is 3.45. The van der Waals surface area contributed by atoms with Gasteiger partial charge in [-0.2, -0.15) is 0 Å². The molecular weight excluding hydrogens is 252 g/mol. The Hall–Kier alpha value is -1.55. The standard InChI is InChI=1S/C16H26N2O2/c1-13-8-7-9-14(12-13)18(3)11-6-5-10-16(2,17)15(19)20-4/h7-9,12H,5-6,10-11,17H2,1-4H3. The Balaban J connectivity index is 2.36. The fourth-order valence-electron chi connectivity index (χ4n) is 2.17. The molecule has 0 radical (unpaired) electrons. The normalized spacial score (nSPS) is 13.7. The molecule has 0 aliphatic rings. The summed E-state index contributed by atoms with van der Waals surface area (Å²) in [5, 5.41) is 0. The van der Waals surface area contributed by atoms with E-state index in [1.807, 2.05) is 0 Å². The number of esters is 1. The van der Waals surface area contributed by atoms with Crippen molar-refractivity contribution >= 4 is 11.7 Å². The van der Waals surface area contributed by atoms with Gasteiger partial charge in [-0.1, -0.05) is 12.1 Å². The number of aryl methyl sites for hydroxylation is 1. The number of anilines is 1. The summed E-state index contributed by atoms with van der Waals surface area (Å²) in [6, 6.07) is 8.43. The van der Waals surface area contributed by atoms with Crippen molar-refractivity contribution in [2.75, 3.05) is 25.6 Å². The molecule has 2 N–H and O–H groups in total. The van der Waals surface area contributed by atoms with Gasteiger partial charge in [0.15, 0.2) is 0 Å². The highest BCUT2D eigenvalue weighted by Gasteiger charge is 2.28. The summed E-state index contributed by atoms with van der Waals surface area (Å²) < 4.78 is 4.70. The number of ether oxygens (including phenoxy) is 1. The molecular formula is C16H26N2O2. The summed E-state index contributed by atoms with van der Waals surface area (Å²) in [6.07, 6.45) is 2.54. The van der Waals surface area contributed by atoms with E-state index in [0.717, 1.165) is 19.4 Å². The van der Waals surface area contributed by atoms with Crippen LogP contribution < -0.4 is 10.6 Å². The molecule has 1 aromatic carbocycles. The number of carbonyl (C=O) groups is 1. The fourth-order valence-corrected chi connectivity index (χ4v) is 2.17. The van der Waals surface area contributed by atoms with Gasteiger partial charge in [-0.05, 0) is 50.8 Å². The minimum Gasteiger partial charge on any atom is -0.468 e. The van der Waals surface area contributed by atoms with Gasteiger partial charge >= 0.3 is 5.97 Å². The fraction of sp³-hybridized carbons (Fsp3) is 0.562. The van der Waals surface area contributed by atoms with Gasteiger partial charge in [-0.25, -0.2) is 0 Å². The lowest BCUT2D eigenvalue weighted by Crippen LogP contribution is -2.45. The van der Waals surface area contributed by atoms with E-state index in [9.17, 15) is 4.79 Å². The van der Waals surface area contributed by atoms with Crippen molar-refractivity contribution in [3.8, 4) is 0 Å². The Morgan fingerprint density at radius 2 is 2.10 bits per heavy atom. The van der Waals surface area contributed by atoms with E-state index in [2.05, 4.69) is 43.1 Å². The lowest BCUT2D eigenvalue weighted by Gasteiger charge is -2.23. The third-order valence-corrected chi connectivity index (χ3v) is 3.53. The molecule has 1 aromatic rings. The largest absolute Gasteiger partial charge is 0.468 e. The van der Waals surface area contributed by atoms with Crippen molar-refractivity contribution in [1.29, 1.82) is 0 Å². The van der Waals surface area contributed by atoms with Crippen molar-refractivity contribution in [1.82, 2.24) is 0 Å². The van der Waals surface area contributed by atoms with E-state index in [1.54, 1.807) is 6.92 Å². The molecule has 0 aliphatic carbocycles. The van der Waals surface area contributed by atoms with Gasteiger partial charge in [0.25, 0.3) is 0 Å². The number of nitrogens with zero attached hydrogens (tertiary/aromatic N) is 1. The third kappa shape index (κ3) is 4.85. The van der Waals surface area contributed by atoms with Crippen LogP contribution in [0.15, 0.2) is 24.3 Å². The molecule has 1 atom stereocenters. The van der Waals surface area contributed by atoms with Gasteiger partial charge in [0.05, 0.1) is 7.11 Å². The first-order valence-electron chi connectivity index (χ1n) is 7.02. The van der Waals surface area contributed by atoms with E-state index in [0.29, 0.717) is 6.42 Å². The SMILES string of the molecule is COC(=O)C(C)(N)CCCCN(C)c1cccc(C)c1. The van der Waals surface area contributed by atoms with Crippen molar-refractivity contribution in [3.63, 3.8) is 0 Å². The summed E-state index contributed by atoms with van der Waals surface area (Å²) >= 11 is 0. The Morgan fingerprint density at radius 3 is 2.70 bits per heavy atom. The lowest BCUT2D eigenvalue weighted by molar-refractivity contribution is -0.146. The molecule has 0 aliphatic heterocycles. The van der Waals surface area contributed by atoms with Gasteiger partial charge in [0.1, 0.15) is 5.54 Å². The van der Waals surface area contributed by atoms with Crippen molar-refractivity contribution < 1.29 is 9.53 Å². The molecule has 20 heavy (non-hydrogen) atoms. The molecule has 1 unspecified atom stereocenters. The molecule has 0 spiro atoms. The molecule has 0 bridgehead atoms. The average Bonchev–Trinajstić information content (AvgIpc) is 2.42. The summed E-state index contributed by atoms with van der Waals surface area (Å²) in [4.78, 5) is 13.7. The molecule has 0 saturated heterocycles. The number of hydrogen-bond acceptors (Lipinski definition) is 4. The zero-order valence-electron chi connectivity index (χ0n) is 13.0. The van der Waals surface area contributed by atoms with Crippen molar-refractivity contribution in [3.05, 3.63) is 29.8 Å². The second-order valence-electron chi connectivity index (χ2n) is 5.63. The second-order valence-corrected chi connectivity index (χ2v) is 5.63. The van der Waals surface area contributed by atoms with E-state index < -0.39 is 5.54 Å². The van der Waals surface area contributed by atoms with E-state index in [-0.39, 0.29) is 5.97 Å². The quantitative estimate of drug-likeness (QED) is 0.615. The number of nitrogens with two attached hydrogens (primary N) is 1. The minimum atomic E-state index is -0.878. The highest BCUT2D eigenvalue weighted by Crippen LogP contribution is 2.16. The van der Waals surface area contributed by atoms with Crippen LogP contribution in [-0.2, 0) is 9.53 Å². The predicted molar refractivity (Wildman–Crippen MR) is 82.9 cm³/mol. The number of hydrogen-bond donors (Lipinski definition) is 1. The first kappa shape index (κ1) is 16.5. The van der Waals surface area contributed by atoms with Crippen LogP contribution in [0.4, 0.5) is 5.69 Å². The van der Waals surface area contributed by atoms with Gasteiger partial charge in [-0.15, -0.1) is 0 Å². The van der Waals surface area contributed by atoms with Crippen LogP contribution in [-0.4, -0.2) is 32.2 Å². The number of methoxy groups -OCH3 is 1. The van der Waals surface area contributed by atoms with Gasteiger partial charge < -0.3 is 15.4 Å². The molecule has 0 fully saturated rings. The summed E-state index contributed by atoms with van der Waals surface area (Å²) in [5.74, 6) is -0.343. The molecule has 0 saturated carbocycles. The van der Waals surface area contributed by atoms with Crippen LogP contribution in [0.1, 0.15) is 31.7 Å². The van der Waals surface area contributed by atoms with Crippen molar-refractivity contribution in [2.45, 2.75) is 38.6 Å². The van der Waals surface area contributed by atoms with Crippen LogP contribution in [0.25, 0.3) is 0 Å². The predicted octanol–water partition coefficient (Wildman–Crippen LogP) is 2.49. The first-order chi connectivity index (χ1) is 9.36. The monoisotopic (exact) mass is 278 g/mol. The summed E-state index contributed by atoms with van der Waals surface area (Å²) in [6.45, 7) is 4.76. The average molecular weight is 278 g/mol. The maximum atomic E-state index is 11.5. The minimum absolute atomic E-state index is 0.343. The molecule has 0 amide bonds. The zero-order valence-corrected chi connectivity index (χ0v) is 13.0. The number of unbranched alkanes of at least 4 members (excludes halogenated alkanes) is 1. The molecule has 4 heteroatoms. The van der Waals surface area contributed by atoms with E-state index in [1.165, 1.54) is 18.4 Å². The Morgan fingerprint density at radius 1 is 1.40 bits per heavy atom. The number of benzene rings is 1. The molecule has 1 rings (SSSR count). The molecule has 112 valence electrons. The van der Waals surface area contributed by atoms with Crippen LogP contribution >= 0.6 is 0 Å². The topological polar surface area (TPSA) is 55.6 Å². The molecule has 0 aromatic heterocycles. The smallest absolute Gasteiger partial charge is 0.325 e. The van der Waals surface area contributed by atoms with Crippen molar-refractivity contribution in [2.24, 2.45) is 5.73 Å². The van der Waals surface area contributed by atoms with Gasteiger partial charge in [0.2, 0.25) is 0 Å². The molecule has 4 nitrogen and oxygen atoms in total. The second kappa shape index (κ2) is 7.29. The van der Waals surface area contributed by atoms with E-state index in [4.69, 9.17) is 10.5 Å². The van der Waals surface area contributed by atoms with Crippen LogP contribution in [0.5, 0.6) is 0 Å². The lowest BCUT2D eigenvalue weighted by atomic mass is 9.96. The first-order valence-corrected chi connectivity index (χ1v) is 7.02. The van der Waals surface area contributed by atoms with Crippen LogP contribution in [0.3, 0.4) is 0 Å². The molecule has 0 heterocycles. The van der Waals surface area contributed by atoms with Gasteiger partial charge in [0, 0.05) is 19.3 Å². The maximum Gasteiger partial charge on any atom is 0.325 e. The highest BCUT2D eigenvalue weighted by atomic mass is 16.5. The van der Waals surface area contributed by atoms with E-state index >= 15 is 0 Å². The number of carbonyl (C=O) groups excluding carboxylic acids is 1. The Bertz CT molecular complexity index is 444. The highest BCUT2D eigenvalue weighted by molar-refractivity contribution is 5.79. The zero-order chi connectivity index (χ0) is 15.2. The summed E-state index contributed by atoms with van der Waals surface area (Å²) in [5.41, 5.74) is 7.53. The Labute approximate surface area is 121 Å². The van der Waals surface area contributed by atoms with Gasteiger partial charge in [-0.3, -0.25) is 4.79 Å². The van der Waals surface area contributed by atoms with Crippen LogP contribution in [0, 0.1) is 6.92 Å². The maximum absolute atomic E-state index is 11.5.